The number of aryl methyl sites for hydroxylation is 1. The molecule has 0 amide bonds. The van der Waals surface area contributed by atoms with Crippen molar-refractivity contribution in [2.24, 2.45) is 0 Å². The average Bonchev–Trinajstić information content (AvgIpc) is 2.40. The second-order valence-electron chi connectivity index (χ2n) is 4.33. The van der Waals surface area contributed by atoms with Crippen LogP contribution in [0.2, 0.25) is 5.02 Å². The standard InChI is InChI=1S/C14H12ClF3N2O/c1-8-5-13(20-7-12(8)19-2)21-9-3-4-11(15)10(6-9)14(16,17)18/h3-7,19H,1-2H3. The average molecular weight is 317 g/mol. The molecule has 0 unspecified atom stereocenters. The quantitative estimate of drug-likeness (QED) is 0.875. The summed E-state index contributed by atoms with van der Waals surface area (Å²) in [5.41, 5.74) is 0.743. The highest BCUT2D eigenvalue weighted by Crippen LogP contribution is 2.37. The minimum atomic E-state index is -4.53. The van der Waals surface area contributed by atoms with Gasteiger partial charge in [-0.2, -0.15) is 13.2 Å². The SMILES string of the molecule is CNc1cnc(Oc2ccc(Cl)c(C(F)(F)F)c2)cc1C. The van der Waals surface area contributed by atoms with Crippen molar-refractivity contribution >= 4 is 17.3 Å². The molecule has 1 heterocycles. The van der Waals surface area contributed by atoms with Gasteiger partial charge in [-0.15, -0.1) is 0 Å². The molecule has 3 nitrogen and oxygen atoms in total. The summed E-state index contributed by atoms with van der Waals surface area (Å²) in [5.74, 6) is 0.234. The normalized spacial score (nSPS) is 11.3. The van der Waals surface area contributed by atoms with Crippen molar-refractivity contribution in [1.82, 2.24) is 4.98 Å². The van der Waals surface area contributed by atoms with Crippen LogP contribution < -0.4 is 10.1 Å². The Morgan fingerprint density at radius 3 is 2.52 bits per heavy atom. The van der Waals surface area contributed by atoms with E-state index in [1.165, 1.54) is 6.07 Å². The topological polar surface area (TPSA) is 34.2 Å². The van der Waals surface area contributed by atoms with Gasteiger partial charge in [0.05, 0.1) is 22.5 Å². The summed E-state index contributed by atoms with van der Waals surface area (Å²) in [6.45, 7) is 1.84. The maximum atomic E-state index is 12.8. The highest BCUT2D eigenvalue weighted by molar-refractivity contribution is 6.31. The lowest BCUT2D eigenvalue weighted by molar-refractivity contribution is -0.137. The lowest BCUT2D eigenvalue weighted by Gasteiger charge is -2.12. The van der Waals surface area contributed by atoms with Crippen molar-refractivity contribution in [2.75, 3.05) is 12.4 Å². The van der Waals surface area contributed by atoms with E-state index in [4.69, 9.17) is 16.3 Å². The van der Waals surface area contributed by atoms with Gasteiger partial charge in [-0.1, -0.05) is 11.6 Å². The molecule has 0 aliphatic heterocycles. The van der Waals surface area contributed by atoms with E-state index in [0.717, 1.165) is 23.4 Å². The number of hydrogen-bond donors (Lipinski definition) is 1. The molecule has 7 heteroatoms. The predicted molar refractivity (Wildman–Crippen MR) is 75.0 cm³/mol. The second-order valence-corrected chi connectivity index (χ2v) is 4.74. The van der Waals surface area contributed by atoms with Crippen LogP contribution in [0, 0.1) is 6.92 Å². The first-order valence-corrected chi connectivity index (χ1v) is 6.38. The summed E-state index contributed by atoms with van der Waals surface area (Å²) in [6, 6.07) is 4.99. The Labute approximate surface area is 124 Å². The number of anilines is 1. The molecule has 1 aromatic carbocycles. The molecule has 2 aromatic rings. The second kappa shape index (κ2) is 5.81. The molecule has 0 fully saturated rings. The van der Waals surface area contributed by atoms with Crippen LogP contribution in [0.4, 0.5) is 18.9 Å². The largest absolute Gasteiger partial charge is 0.439 e. The molecule has 0 bridgehead atoms. The zero-order chi connectivity index (χ0) is 15.6. The molecule has 0 atom stereocenters. The number of pyridine rings is 1. The molecular formula is C14H12ClF3N2O. The molecule has 0 spiro atoms. The Morgan fingerprint density at radius 1 is 1.24 bits per heavy atom. The third kappa shape index (κ3) is 3.58. The first-order chi connectivity index (χ1) is 9.81. The van der Waals surface area contributed by atoms with Gasteiger partial charge in [0.15, 0.2) is 0 Å². The van der Waals surface area contributed by atoms with Crippen LogP contribution in [0.15, 0.2) is 30.5 Å². The highest BCUT2D eigenvalue weighted by Gasteiger charge is 2.33. The Balaban J connectivity index is 2.30. The van der Waals surface area contributed by atoms with Gasteiger partial charge in [0, 0.05) is 13.1 Å². The van der Waals surface area contributed by atoms with Crippen LogP contribution >= 0.6 is 11.6 Å². The number of hydrogen-bond acceptors (Lipinski definition) is 3. The van der Waals surface area contributed by atoms with Crippen molar-refractivity contribution in [1.29, 1.82) is 0 Å². The molecular weight excluding hydrogens is 305 g/mol. The number of nitrogens with one attached hydrogen (secondary N) is 1. The molecule has 0 saturated heterocycles. The van der Waals surface area contributed by atoms with Gasteiger partial charge in [0.2, 0.25) is 5.88 Å². The monoisotopic (exact) mass is 316 g/mol. The lowest BCUT2D eigenvalue weighted by atomic mass is 10.2. The minimum absolute atomic E-state index is 0.0239. The Kier molecular flexibility index (Phi) is 4.27. The van der Waals surface area contributed by atoms with Crippen LogP contribution in [0.5, 0.6) is 11.6 Å². The molecule has 1 N–H and O–H groups in total. The van der Waals surface area contributed by atoms with Crippen molar-refractivity contribution < 1.29 is 17.9 Å². The van der Waals surface area contributed by atoms with E-state index in [1.807, 2.05) is 6.92 Å². The van der Waals surface area contributed by atoms with Crippen molar-refractivity contribution in [3.63, 3.8) is 0 Å². The lowest BCUT2D eigenvalue weighted by Crippen LogP contribution is -2.06. The van der Waals surface area contributed by atoms with Crippen LogP contribution in [0.1, 0.15) is 11.1 Å². The summed E-state index contributed by atoms with van der Waals surface area (Å²) in [7, 11) is 1.75. The van der Waals surface area contributed by atoms with Crippen molar-refractivity contribution in [2.45, 2.75) is 13.1 Å². The van der Waals surface area contributed by atoms with Crippen LogP contribution in [0.3, 0.4) is 0 Å². The van der Waals surface area contributed by atoms with Gasteiger partial charge in [-0.3, -0.25) is 0 Å². The number of ether oxygens (including phenoxy) is 1. The van der Waals surface area contributed by atoms with E-state index < -0.39 is 11.7 Å². The molecule has 0 saturated carbocycles. The zero-order valence-corrected chi connectivity index (χ0v) is 12.0. The van der Waals surface area contributed by atoms with Gasteiger partial charge in [-0.25, -0.2) is 4.98 Å². The van der Waals surface area contributed by atoms with E-state index in [-0.39, 0.29) is 16.7 Å². The number of halogens is 4. The third-order valence-corrected chi connectivity index (χ3v) is 3.15. The van der Waals surface area contributed by atoms with Crippen LogP contribution in [-0.2, 0) is 6.18 Å². The molecule has 2 rings (SSSR count). The first-order valence-electron chi connectivity index (χ1n) is 6.00. The van der Waals surface area contributed by atoms with Crippen molar-refractivity contribution in [3.8, 4) is 11.6 Å². The van der Waals surface area contributed by atoms with Crippen LogP contribution in [0.25, 0.3) is 0 Å². The van der Waals surface area contributed by atoms with Crippen LogP contribution in [-0.4, -0.2) is 12.0 Å². The Hall–Kier alpha value is -1.95. The molecule has 21 heavy (non-hydrogen) atoms. The summed E-state index contributed by atoms with van der Waals surface area (Å²) >= 11 is 5.55. The number of nitrogens with zero attached hydrogens (tertiary/aromatic N) is 1. The number of aromatic nitrogens is 1. The number of benzene rings is 1. The summed E-state index contributed by atoms with van der Waals surface area (Å²) in [6.07, 6.45) is -2.99. The molecule has 112 valence electrons. The number of alkyl halides is 3. The van der Waals surface area contributed by atoms with E-state index in [1.54, 1.807) is 19.3 Å². The smallest absolute Gasteiger partial charge is 0.417 e. The third-order valence-electron chi connectivity index (χ3n) is 2.82. The molecule has 1 aromatic heterocycles. The van der Waals surface area contributed by atoms with Gasteiger partial charge >= 0.3 is 6.18 Å². The maximum absolute atomic E-state index is 12.8. The summed E-state index contributed by atoms with van der Waals surface area (Å²) in [4.78, 5) is 4.02. The maximum Gasteiger partial charge on any atom is 0.417 e. The van der Waals surface area contributed by atoms with E-state index in [0.29, 0.717) is 0 Å². The Morgan fingerprint density at radius 2 is 1.95 bits per heavy atom. The number of rotatable bonds is 3. The van der Waals surface area contributed by atoms with E-state index >= 15 is 0 Å². The van der Waals surface area contributed by atoms with Gasteiger partial charge in [0.1, 0.15) is 5.75 Å². The first kappa shape index (κ1) is 15.4. The van der Waals surface area contributed by atoms with Gasteiger partial charge < -0.3 is 10.1 Å². The predicted octanol–water partition coefficient (Wildman–Crippen LogP) is 4.90. The zero-order valence-electron chi connectivity index (χ0n) is 11.3. The fourth-order valence-electron chi connectivity index (χ4n) is 1.75. The van der Waals surface area contributed by atoms with E-state index in [2.05, 4.69) is 10.3 Å². The van der Waals surface area contributed by atoms with E-state index in [9.17, 15) is 13.2 Å². The van der Waals surface area contributed by atoms with Crippen molar-refractivity contribution in [3.05, 3.63) is 46.6 Å². The van der Waals surface area contributed by atoms with Gasteiger partial charge in [-0.05, 0) is 30.7 Å². The highest BCUT2D eigenvalue weighted by atomic mass is 35.5. The Bertz CT molecular complexity index is 659. The molecule has 0 aliphatic carbocycles. The minimum Gasteiger partial charge on any atom is -0.439 e. The summed E-state index contributed by atoms with van der Waals surface area (Å²) < 4.78 is 43.7. The fourth-order valence-corrected chi connectivity index (χ4v) is 1.98. The molecule has 0 radical (unpaired) electrons. The molecule has 0 aliphatic rings. The fraction of sp³-hybridized carbons (Fsp3) is 0.214. The van der Waals surface area contributed by atoms with Gasteiger partial charge in [0.25, 0.3) is 0 Å². The summed E-state index contributed by atoms with van der Waals surface area (Å²) in [5, 5.41) is 2.57.